The van der Waals surface area contributed by atoms with E-state index in [-0.39, 0.29) is 16.4 Å². The van der Waals surface area contributed by atoms with Crippen molar-refractivity contribution in [1.82, 2.24) is 9.88 Å². The Labute approximate surface area is 162 Å². The van der Waals surface area contributed by atoms with E-state index in [0.29, 0.717) is 4.90 Å². The van der Waals surface area contributed by atoms with Gasteiger partial charge >= 0.3 is 5.97 Å². The molecule has 0 fully saturated rings. The standard InChI is InChI=1S/C14H14N4O8S2/c1-27-11-3-2-9(6-10(11)18(21)22)28(23,24)15-7-14(20)25-8-13(19)16-12-4-5-26-17-12/h2-6,15H,7-8H2,1H3,(H,16,17,19). The molecule has 1 aromatic heterocycles. The van der Waals surface area contributed by atoms with Gasteiger partial charge in [-0.05, 0) is 18.4 Å². The van der Waals surface area contributed by atoms with Gasteiger partial charge in [-0.3, -0.25) is 19.7 Å². The van der Waals surface area contributed by atoms with Crippen molar-refractivity contribution in [3.05, 3.63) is 40.6 Å². The lowest BCUT2D eigenvalue weighted by Gasteiger charge is -2.08. The molecule has 14 heteroatoms. The van der Waals surface area contributed by atoms with Crippen molar-refractivity contribution in [3.8, 4) is 0 Å². The van der Waals surface area contributed by atoms with Crippen LogP contribution in [0.5, 0.6) is 0 Å². The van der Waals surface area contributed by atoms with Crippen molar-refractivity contribution in [1.29, 1.82) is 0 Å². The Morgan fingerprint density at radius 3 is 2.71 bits per heavy atom. The second-order valence-electron chi connectivity index (χ2n) is 5.01. The average Bonchev–Trinajstić information content (AvgIpc) is 3.17. The van der Waals surface area contributed by atoms with E-state index >= 15 is 0 Å². The molecule has 0 aliphatic heterocycles. The van der Waals surface area contributed by atoms with Gasteiger partial charge in [0.15, 0.2) is 12.4 Å². The molecule has 1 aromatic carbocycles. The summed E-state index contributed by atoms with van der Waals surface area (Å²) in [5, 5.41) is 16.7. The number of rotatable bonds is 9. The minimum atomic E-state index is -4.20. The first-order valence-corrected chi connectivity index (χ1v) is 10.1. The molecule has 0 unspecified atom stereocenters. The summed E-state index contributed by atoms with van der Waals surface area (Å²) in [6, 6.07) is 4.74. The third-order valence-corrected chi connectivity index (χ3v) is 5.32. The first kappa shape index (κ1) is 21.3. The molecule has 0 saturated carbocycles. The van der Waals surface area contributed by atoms with Crippen LogP contribution in [0.4, 0.5) is 11.5 Å². The molecule has 28 heavy (non-hydrogen) atoms. The molecule has 12 nitrogen and oxygen atoms in total. The van der Waals surface area contributed by atoms with Crippen LogP contribution in [0.2, 0.25) is 0 Å². The maximum atomic E-state index is 12.2. The van der Waals surface area contributed by atoms with Gasteiger partial charge in [0.25, 0.3) is 11.6 Å². The van der Waals surface area contributed by atoms with E-state index in [1.807, 2.05) is 4.72 Å². The molecule has 0 saturated heterocycles. The van der Waals surface area contributed by atoms with Crippen LogP contribution in [-0.4, -0.2) is 49.8 Å². The van der Waals surface area contributed by atoms with Gasteiger partial charge in [0.05, 0.1) is 14.7 Å². The van der Waals surface area contributed by atoms with Crippen molar-refractivity contribution in [2.45, 2.75) is 9.79 Å². The second-order valence-corrected chi connectivity index (χ2v) is 7.62. The third-order valence-electron chi connectivity index (χ3n) is 3.13. The number of hydrogen-bond donors (Lipinski definition) is 2. The number of amides is 1. The fraction of sp³-hybridized carbons (Fsp3) is 0.214. The zero-order chi connectivity index (χ0) is 20.7. The van der Waals surface area contributed by atoms with Crippen LogP contribution in [-0.2, 0) is 24.3 Å². The predicted molar refractivity (Wildman–Crippen MR) is 96.2 cm³/mol. The number of thioether (sulfide) groups is 1. The summed E-state index contributed by atoms with van der Waals surface area (Å²) in [7, 11) is -4.20. The molecule has 2 rings (SSSR count). The van der Waals surface area contributed by atoms with Crippen molar-refractivity contribution in [2.24, 2.45) is 0 Å². The van der Waals surface area contributed by atoms with E-state index in [1.54, 1.807) is 6.26 Å². The summed E-state index contributed by atoms with van der Waals surface area (Å²) in [6.07, 6.45) is 2.84. The first-order chi connectivity index (χ1) is 13.2. The molecule has 0 aliphatic carbocycles. The van der Waals surface area contributed by atoms with Crippen LogP contribution in [0.1, 0.15) is 0 Å². The van der Waals surface area contributed by atoms with Crippen molar-refractivity contribution in [2.75, 3.05) is 24.7 Å². The van der Waals surface area contributed by atoms with Gasteiger partial charge < -0.3 is 14.6 Å². The fourth-order valence-corrected chi connectivity index (χ4v) is 3.41. The van der Waals surface area contributed by atoms with Gasteiger partial charge in [-0.2, -0.15) is 4.72 Å². The number of hydrogen-bond acceptors (Lipinski definition) is 10. The number of sulfonamides is 1. The highest BCUT2D eigenvalue weighted by atomic mass is 32.2. The maximum absolute atomic E-state index is 12.2. The van der Waals surface area contributed by atoms with Gasteiger partial charge in [0, 0.05) is 12.1 Å². The van der Waals surface area contributed by atoms with Gasteiger partial charge in [-0.15, -0.1) is 11.8 Å². The Hall–Kier alpha value is -2.97. The van der Waals surface area contributed by atoms with Gasteiger partial charge in [-0.25, -0.2) is 8.42 Å². The molecule has 0 bridgehead atoms. The molecular weight excluding hydrogens is 416 g/mol. The molecule has 0 atom stereocenters. The van der Waals surface area contributed by atoms with Crippen LogP contribution in [0.25, 0.3) is 0 Å². The number of ether oxygens (including phenoxy) is 1. The summed E-state index contributed by atoms with van der Waals surface area (Å²) in [5.41, 5.74) is -0.373. The smallest absolute Gasteiger partial charge is 0.321 e. The molecule has 2 aromatic rings. The summed E-state index contributed by atoms with van der Waals surface area (Å²) in [5.74, 6) is -1.60. The quantitative estimate of drug-likeness (QED) is 0.250. The highest BCUT2D eigenvalue weighted by Gasteiger charge is 2.22. The van der Waals surface area contributed by atoms with Crippen LogP contribution in [0.15, 0.2) is 44.8 Å². The summed E-state index contributed by atoms with van der Waals surface area (Å²) >= 11 is 1.09. The van der Waals surface area contributed by atoms with Gasteiger partial charge in [-0.1, -0.05) is 5.16 Å². The number of carbonyl (C=O) groups excluding carboxylic acids is 2. The van der Waals surface area contributed by atoms with E-state index < -0.39 is 40.0 Å². The van der Waals surface area contributed by atoms with Gasteiger partial charge in [0.1, 0.15) is 12.8 Å². The van der Waals surface area contributed by atoms with Crippen LogP contribution >= 0.6 is 11.8 Å². The van der Waals surface area contributed by atoms with E-state index in [9.17, 15) is 28.1 Å². The number of anilines is 1. The molecule has 1 heterocycles. The lowest BCUT2D eigenvalue weighted by atomic mass is 10.3. The van der Waals surface area contributed by atoms with Crippen LogP contribution in [0, 0.1) is 10.1 Å². The molecular formula is C14H14N4O8S2. The Bertz CT molecular complexity index is 975. The molecule has 2 N–H and O–H groups in total. The predicted octanol–water partition coefficient (Wildman–Crippen LogP) is 0.765. The van der Waals surface area contributed by atoms with Crippen molar-refractivity contribution in [3.63, 3.8) is 0 Å². The van der Waals surface area contributed by atoms with E-state index in [1.165, 1.54) is 24.5 Å². The zero-order valence-corrected chi connectivity index (χ0v) is 15.9. The second kappa shape index (κ2) is 9.29. The Kier molecular flexibility index (Phi) is 7.08. The van der Waals surface area contributed by atoms with E-state index in [4.69, 9.17) is 0 Å². The number of nitrogens with zero attached hydrogens (tertiary/aromatic N) is 2. The highest BCUT2D eigenvalue weighted by Crippen LogP contribution is 2.29. The average molecular weight is 430 g/mol. The molecule has 0 aliphatic rings. The lowest BCUT2D eigenvalue weighted by Crippen LogP contribution is -2.32. The fourth-order valence-electron chi connectivity index (χ4n) is 1.87. The monoisotopic (exact) mass is 430 g/mol. The van der Waals surface area contributed by atoms with E-state index in [0.717, 1.165) is 17.8 Å². The minimum Gasteiger partial charge on any atom is -0.455 e. The number of nitro groups is 1. The van der Waals surface area contributed by atoms with Crippen molar-refractivity contribution < 1.29 is 32.2 Å². The highest BCUT2D eigenvalue weighted by molar-refractivity contribution is 7.98. The van der Waals surface area contributed by atoms with Crippen molar-refractivity contribution >= 4 is 45.2 Å². The summed E-state index contributed by atoms with van der Waals surface area (Å²) in [4.78, 5) is 33.4. The van der Waals surface area contributed by atoms with E-state index in [2.05, 4.69) is 19.7 Å². The zero-order valence-electron chi connectivity index (χ0n) is 14.3. The van der Waals surface area contributed by atoms with Gasteiger partial charge in [0.2, 0.25) is 10.0 Å². The molecule has 1 amide bonds. The largest absolute Gasteiger partial charge is 0.455 e. The normalized spacial score (nSPS) is 11.0. The summed E-state index contributed by atoms with van der Waals surface area (Å²) in [6.45, 7) is -1.43. The SMILES string of the molecule is CSc1ccc(S(=O)(=O)NCC(=O)OCC(=O)Nc2ccon2)cc1[N+](=O)[O-]. The Balaban J connectivity index is 1.91. The number of esters is 1. The molecule has 0 spiro atoms. The van der Waals surface area contributed by atoms with Crippen LogP contribution < -0.4 is 10.0 Å². The number of aromatic nitrogens is 1. The Morgan fingerprint density at radius 1 is 1.36 bits per heavy atom. The maximum Gasteiger partial charge on any atom is 0.321 e. The number of carbonyl (C=O) groups is 2. The topological polar surface area (TPSA) is 171 Å². The van der Waals surface area contributed by atoms with Crippen LogP contribution in [0.3, 0.4) is 0 Å². The Morgan fingerprint density at radius 2 is 2.11 bits per heavy atom. The lowest BCUT2D eigenvalue weighted by molar-refractivity contribution is -0.387. The number of nitro benzene ring substituents is 1. The molecule has 0 radical (unpaired) electrons. The third kappa shape index (κ3) is 5.77. The minimum absolute atomic E-state index is 0.122. The summed E-state index contributed by atoms with van der Waals surface area (Å²) < 4.78 is 35.5. The number of nitrogens with one attached hydrogen (secondary N) is 2. The first-order valence-electron chi connectivity index (χ1n) is 7.41. The number of benzene rings is 1. The molecule has 150 valence electrons.